The zero-order valence-corrected chi connectivity index (χ0v) is 18.1. The van der Waals surface area contributed by atoms with E-state index in [1.807, 2.05) is 54.3 Å². The van der Waals surface area contributed by atoms with Crippen LogP contribution in [0.25, 0.3) is 0 Å². The Bertz CT molecular complexity index is 956. The number of para-hydroxylation sites is 1. The first kappa shape index (κ1) is 21.0. The van der Waals surface area contributed by atoms with Gasteiger partial charge in [0.2, 0.25) is 0 Å². The summed E-state index contributed by atoms with van der Waals surface area (Å²) in [6.07, 6.45) is 2.95. The normalized spacial score (nSPS) is 18.3. The van der Waals surface area contributed by atoms with Crippen molar-refractivity contribution in [2.75, 3.05) is 38.7 Å². The van der Waals surface area contributed by atoms with E-state index in [0.29, 0.717) is 23.7 Å². The van der Waals surface area contributed by atoms with E-state index < -0.39 is 0 Å². The fourth-order valence-electron chi connectivity index (χ4n) is 4.11. The Morgan fingerprint density at radius 3 is 2.61 bits per heavy atom. The standard InChI is InChI=1S/C24H29N3O4/c1-3-30-21-15-17(23-25-19-10-6-5-9-18(19)24(29)26(23)2)11-12-20(21)31-16-22(28)27-13-7-4-8-14-27/h5-6,9-12,15,23,25H,3-4,7-8,13-14,16H2,1-2H3. The first-order valence-electron chi connectivity index (χ1n) is 10.9. The summed E-state index contributed by atoms with van der Waals surface area (Å²) in [7, 11) is 1.78. The number of nitrogens with zero attached hydrogens (tertiary/aromatic N) is 2. The van der Waals surface area contributed by atoms with Crippen molar-refractivity contribution in [3.8, 4) is 11.5 Å². The van der Waals surface area contributed by atoms with Gasteiger partial charge in [0.05, 0.1) is 12.2 Å². The molecule has 0 radical (unpaired) electrons. The van der Waals surface area contributed by atoms with E-state index in [2.05, 4.69) is 5.32 Å². The predicted octanol–water partition coefficient (Wildman–Crippen LogP) is 3.67. The van der Waals surface area contributed by atoms with Crippen LogP contribution in [0.1, 0.15) is 48.3 Å². The van der Waals surface area contributed by atoms with Crippen molar-refractivity contribution < 1.29 is 19.1 Å². The van der Waals surface area contributed by atoms with Gasteiger partial charge in [-0.15, -0.1) is 0 Å². The molecule has 0 spiro atoms. The Hall–Kier alpha value is -3.22. The number of rotatable bonds is 6. The Morgan fingerprint density at radius 1 is 1.06 bits per heavy atom. The lowest BCUT2D eigenvalue weighted by atomic mass is 10.0. The first-order valence-corrected chi connectivity index (χ1v) is 10.9. The number of benzene rings is 2. The zero-order valence-electron chi connectivity index (χ0n) is 18.1. The summed E-state index contributed by atoms with van der Waals surface area (Å²) >= 11 is 0. The number of carbonyl (C=O) groups excluding carboxylic acids is 2. The van der Waals surface area contributed by atoms with E-state index in [9.17, 15) is 9.59 Å². The topological polar surface area (TPSA) is 71.1 Å². The number of nitrogens with one attached hydrogen (secondary N) is 1. The lowest BCUT2D eigenvalue weighted by Gasteiger charge is -2.35. The highest BCUT2D eigenvalue weighted by atomic mass is 16.5. The number of fused-ring (bicyclic) bond motifs is 1. The molecule has 0 bridgehead atoms. The number of anilines is 1. The van der Waals surface area contributed by atoms with Crippen LogP contribution in [0.4, 0.5) is 5.69 Å². The second-order valence-electron chi connectivity index (χ2n) is 7.88. The fraction of sp³-hybridized carbons (Fsp3) is 0.417. The number of piperidine rings is 1. The molecule has 2 aliphatic heterocycles. The molecule has 31 heavy (non-hydrogen) atoms. The molecule has 2 aromatic rings. The van der Waals surface area contributed by atoms with Gasteiger partial charge in [0.15, 0.2) is 18.1 Å². The summed E-state index contributed by atoms with van der Waals surface area (Å²) in [6, 6.07) is 13.1. The highest BCUT2D eigenvalue weighted by Crippen LogP contribution is 2.36. The van der Waals surface area contributed by atoms with Gasteiger partial charge in [-0.25, -0.2) is 0 Å². The number of ether oxygens (including phenoxy) is 2. The van der Waals surface area contributed by atoms with Crippen molar-refractivity contribution in [3.63, 3.8) is 0 Å². The van der Waals surface area contributed by atoms with Gasteiger partial charge in [0.25, 0.3) is 11.8 Å². The maximum atomic E-state index is 12.8. The summed E-state index contributed by atoms with van der Waals surface area (Å²) in [4.78, 5) is 28.8. The quantitative estimate of drug-likeness (QED) is 0.768. The lowest BCUT2D eigenvalue weighted by Crippen LogP contribution is -2.40. The molecule has 7 heteroatoms. The molecule has 4 rings (SSSR count). The third-order valence-electron chi connectivity index (χ3n) is 5.80. The third-order valence-corrected chi connectivity index (χ3v) is 5.80. The molecule has 0 aliphatic carbocycles. The second kappa shape index (κ2) is 9.29. The van der Waals surface area contributed by atoms with Gasteiger partial charge in [-0.3, -0.25) is 9.59 Å². The van der Waals surface area contributed by atoms with Gasteiger partial charge >= 0.3 is 0 Å². The molecule has 0 aromatic heterocycles. The van der Waals surface area contributed by atoms with E-state index in [4.69, 9.17) is 9.47 Å². The van der Waals surface area contributed by atoms with Crippen LogP contribution in [0, 0.1) is 0 Å². The second-order valence-corrected chi connectivity index (χ2v) is 7.88. The van der Waals surface area contributed by atoms with Gasteiger partial charge < -0.3 is 24.6 Å². The minimum Gasteiger partial charge on any atom is -0.490 e. The fourth-order valence-corrected chi connectivity index (χ4v) is 4.11. The van der Waals surface area contributed by atoms with E-state index in [1.54, 1.807) is 11.9 Å². The average Bonchev–Trinajstić information content (AvgIpc) is 2.81. The van der Waals surface area contributed by atoms with E-state index in [-0.39, 0.29) is 24.6 Å². The molecule has 2 aromatic carbocycles. The van der Waals surface area contributed by atoms with Gasteiger partial charge in [0.1, 0.15) is 6.17 Å². The summed E-state index contributed by atoms with van der Waals surface area (Å²) in [5, 5.41) is 3.42. The molecule has 2 aliphatic rings. The van der Waals surface area contributed by atoms with Crippen molar-refractivity contribution in [1.82, 2.24) is 9.80 Å². The molecule has 1 N–H and O–H groups in total. The van der Waals surface area contributed by atoms with Gasteiger partial charge in [-0.2, -0.15) is 0 Å². The number of likely N-dealkylation sites (tertiary alicyclic amines) is 1. The molecule has 0 saturated carbocycles. The van der Waals surface area contributed by atoms with Crippen LogP contribution in [0.2, 0.25) is 0 Å². The predicted molar refractivity (Wildman–Crippen MR) is 118 cm³/mol. The molecule has 1 saturated heterocycles. The highest BCUT2D eigenvalue weighted by molar-refractivity contribution is 6.01. The first-order chi connectivity index (χ1) is 15.1. The molecular formula is C24H29N3O4. The summed E-state index contributed by atoms with van der Waals surface area (Å²) in [5.74, 6) is 1.06. The molecule has 1 fully saturated rings. The van der Waals surface area contributed by atoms with Crippen LogP contribution >= 0.6 is 0 Å². The minimum absolute atomic E-state index is 0.00195. The van der Waals surface area contributed by atoms with Crippen LogP contribution in [-0.4, -0.2) is 55.0 Å². The van der Waals surface area contributed by atoms with Crippen molar-refractivity contribution in [3.05, 3.63) is 53.6 Å². The van der Waals surface area contributed by atoms with Crippen LogP contribution < -0.4 is 14.8 Å². The molecule has 7 nitrogen and oxygen atoms in total. The smallest absolute Gasteiger partial charge is 0.260 e. The molecular weight excluding hydrogens is 394 g/mol. The Balaban J connectivity index is 1.52. The van der Waals surface area contributed by atoms with E-state index in [1.165, 1.54) is 6.42 Å². The number of carbonyl (C=O) groups is 2. The largest absolute Gasteiger partial charge is 0.490 e. The van der Waals surface area contributed by atoms with Crippen LogP contribution in [0.15, 0.2) is 42.5 Å². The van der Waals surface area contributed by atoms with Crippen molar-refractivity contribution >= 4 is 17.5 Å². The monoisotopic (exact) mass is 423 g/mol. The number of amides is 2. The summed E-state index contributed by atoms with van der Waals surface area (Å²) < 4.78 is 11.6. The van der Waals surface area contributed by atoms with Crippen LogP contribution in [-0.2, 0) is 4.79 Å². The SMILES string of the molecule is CCOc1cc(C2Nc3ccccc3C(=O)N2C)ccc1OCC(=O)N1CCCCC1. The Labute approximate surface area is 182 Å². The number of hydrogen-bond donors (Lipinski definition) is 1. The lowest BCUT2D eigenvalue weighted by molar-refractivity contribution is -0.134. The van der Waals surface area contributed by atoms with E-state index in [0.717, 1.165) is 37.2 Å². The molecule has 164 valence electrons. The Morgan fingerprint density at radius 2 is 1.84 bits per heavy atom. The maximum absolute atomic E-state index is 12.8. The van der Waals surface area contributed by atoms with Gasteiger partial charge in [-0.05, 0) is 56.0 Å². The summed E-state index contributed by atoms with van der Waals surface area (Å²) in [5.41, 5.74) is 2.34. The third kappa shape index (κ3) is 4.45. The minimum atomic E-state index is -0.328. The molecule has 2 amide bonds. The van der Waals surface area contributed by atoms with Gasteiger partial charge in [0, 0.05) is 25.8 Å². The molecule has 1 atom stereocenters. The van der Waals surface area contributed by atoms with Gasteiger partial charge in [-0.1, -0.05) is 18.2 Å². The van der Waals surface area contributed by atoms with Crippen LogP contribution in [0.5, 0.6) is 11.5 Å². The van der Waals surface area contributed by atoms with Crippen LogP contribution in [0.3, 0.4) is 0 Å². The molecule has 1 unspecified atom stereocenters. The highest BCUT2D eigenvalue weighted by Gasteiger charge is 2.30. The Kier molecular flexibility index (Phi) is 6.30. The van der Waals surface area contributed by atoms with E-state index >= 15 is 0 Å². The van der Waals surface area contributed by atoms with Crippen molar-refractivity contribution in [2.45, 2.75) is 32.4 Å². The zero-order chi connectivity index (χ0) is 21.8. The van der Waals surface area contributed by atoms with Crippen molar-refractivity contribution in [2.24, 2.45) is 0 Å². The summed E-state index contributed by atoms with van der Waals surface area (Å²) in [6.45, 7) is 3.96. The molecule has 2 heterocycles. The van der Waals surface area contributed by atoms with Crippen molar-refractivity contribution in [1.29, 1.82) is 0 Å². The average molecular weight is 424 g/mol. The maximum Gasteiger partial charge on any atom is 0.260 e. The number of hydrogen-bond acceptors (Lipinski definition) is 5.